The van der Waals surface area contributed by atoms with E-state index in [9.17, 15) is 5.11 Å². The van der Waals surface area contributed by atoms with Gasteiger partial charge < -0.3 is 9.84 Å². The summed E-state index contributed by atoms with van der Waals surface area (Å²) < 4.78 is 5.80. The van der Waals surface area contributed by atoms with Crippen LogP contribution in [0.4, 0.5) is 0 Å². The lowest BCUT2D eigenvalue weighted by Crippen LogP contribution is -2.56. The molecule has 2 aliphatic rings. The number of benzene rings is 2. The number of rotatable bonds is 6. The van der Waals surface area contributed by atoms with Gasteiger partial charge in [-0.25, -0.2) is 0 Å². The van der Waals surface area contributed by atoms with Crippen LogP contribution in [0.1, 0.15) is 56.6 Å². The van der Waals surface area contributed by atoms with Crippen molar-refractivity contribution in [2.24, 2.45) is 0 Å². The van der Waals surface area contributed by atoms with Crippen molar-refractivity contribution in [3.8, 4) is 5.75 Å². The monoisotopic (exact) mass is 365 g/mol. The van der Waals surface area contributed by atoms with E-state index in [4.69, 9.17) is 4.74 Å². The van der Waals surface area contributed by atoms with Crippen LogP contribution in [-0.4, -0.2) is 28.7 Å². The Bertz CT molecular complexity index is 731. The third-order valence-corrected chi connectivity index (χ3v) is 6.21. The number of hydrogen-bond donors (Lipinski definition) is 1. The van der Waals surface area contributed by atoms with E-state index in [0.29, 0.717) is 12.1 Å². The van der Waals surface area contributed by atoms with Gasteiger partial charge >= 0.3 is 0 Å². The fraction of sp³-hybridized carbons (Fsp3) is 0.500. The first kappa shape index (κ1) is 18.5. The summed E-state index contributed by atoms with van der Waals surface area (Å²) in [6, 6.07) is 19.8. The maximum absolute atomic E-state index is 11.6. The van der Waals surface area contributed by atoms with Crippen molar-refractivity contribution in [1.29, 1.82) is 0 Å². The van der Waals surface area contributed by atoms with E-state index in [-0.39, 0.29) is 0 Å². The smallest absolute Gasteiger partial charge is 0.119 e. The van der Waals surface area contributed by atoms with Crippen LogP contribution in [0.2, 0.25) is 0 Å². The lowest BCUT2D eigenvalue weighted by Gasteiger charge is -2.52. The highest BCUT2D eigenvalue weighted by molar-refractivity contribution is 5.33. The van der Waals surface area contributed by atoms with Crippen LogP contribution in [0.25, 0.3) is 0 Å². The van der Waals surface area contributed by atoms with Gasteiger partial charge in [-0.05, 0) is 55.4 Å². The Morgan fingerprint density at radius 3 is 2.48 bits per heavy atom. The molecule has 0 radical (unpaired) electrons. The number of piperidine rings is 2. The molecule has 2 bridgehead atoms. The minimum Gasteiger partial charge on any atom is -0.494 e. The van der Waals surface area contributed by atoms with Gasteiger partial charge in [-0.1, -0.05) is 55.8 Å². The zero-order chi connectivity index (χ0) is 18.7. The lowest BCUT2D eigenvalue weighted by atomic mass is 9.72. The molecule has 2 fully saturated rings. The Morgan fingerprint density at radius 2 is 1.78 bits per heavy atom. The summed E-state index contributed by atoms with van der Waals surface area (Å²) in [6.07, 6.45) is 6.25. The van der Waals surface area contributed by atoms with E-state index >= 15 is 0 Å². The van der Waals surface area contributed by atoms with Crippen LogP contribution in [0, 0.1) is 0 Å². The molecule has 2 aromatic rings. The van der Waals surface area contributed by atoms with Gasteiger partial charge in [0.05, 0.1) is 12.2 Å². The molecule has 0 aliphatic carbocycles. The fourth-order valence-corrected chi connectivity index (χ4v) is 4.90. The molecule has 0 amide bonds. The molecule has 3 heteroatoms. The first-order valence-electron chi connectivity index (χ1n) is 10.4. The molecule has 2 saturated heterocycles. The Kier molecular flexibility index (Phi) is 5.51. The second kappa shape index (κ2) is 8.04. The lowest BCUT2D eigenvalue weighted by molar-refractivity contribution is -0.1000. The molecule has 144 valence electrons. The molecule has 0 aromatic heterocycles. The van der Waals surface area contributed by atoms with Crippen LogP contribution in [0.15, 0.2) is 54.6 Å². The second-order valence-electron chi connectivity index (χ2n) is 8.21. The highest BCUT2D eigenvalue weighted by Crippen LogP contribution is 2.45. The summed E-state index contributed by atoms with van der Waals surface area (Å²) in [4.78, 5) is 2.64. The molecule has 1 N–H and O–H groups in total. The molecule has 2 aliphatic heterocycles. The molecule has 2 heterocycles. The molecule has 27 heavy (non-hydrogen) atoms. The molecule has 0 spiro atoms. The molecule has 2 atom stereocenters. The first-order chi connectivity index (χ1) is 13.2. The molecule has 3 nitrogen and oxygen atoms in total. The average molecular weight is 366 g/mol. The van der Waals surface area contributed by atoms with Crippen molar-refractivity contribution in [2.45, 2.75) is 69.7 Å². The number of nitrogens with zero attached hydrogens (tertiary/aromatic N) is 1. The number of hydrogen-bond acceptors (Lipinski definition) is 3. The maximum atomic E-state index is 11.6. The van der Waals surface area contributed by atoms with E-state index in [2.05, 4.69) is 54.3 Å². The van der Waals surface area contributed by atoms with Gasteiger partial charge in [-0.2, -0.15) is 0 Å². The van der Waals surface area contributed by atoms with Gasteiger partial charge in [-0.15, -0.1) is 0 Å². The topological polar surface area (TPSA) is 32.7 Å². The molecule has 2 unspecified atom stereocenters. The molecule has 0 saturated carbocycles. The Labute approximate surface area is 163 Å². The van der Waals surface area contributed by atoms with E-state index < -0.39 is 5.60 Å². The van der Waals surface area contributed by atoms with Gasteiger partial charge in [0.2, 0.25) is 0 Å². The number of aliphatic hydroxyl groups is 1. The van der Waals surface area contributed by atoms with E-state index in [1.165, 1.54) is 24.8 Å². The minimum absolute atomic E-state index is 0.447. The zero-order valence-electron chi connectivity index (χ0n) is 16.3. The van der Waals surface area contributed by atoms with Gasteiger partial charge in [0.1, 0.15) is 5.75 Å². The molecular weight excluding hydrogens is 334 g/mol. The van der Waals surface area contributed by atoms with Gasteiger partial charge in [0.15, 0.2) is 0 Å². The van der Waals surface area contributed by atoms with Gasteiger partial charge in [0, 0.05) is 18.6 Å². The number of ether oxygens (including phenoxy) is 1. The quantitative estimate of drug-likeness (QED) is 0.792. The Morgan fingerprint density at radius 1 is 1.04 bits per heavy atom. The summed E-state index contributed by atoms with van der Waals surface area (Å²) in [5, 5.41) is 11.6. The van der Waals surface area contributed by atoms with E-state index in [1.54, 1.807) is 0 Å². The van der Waals surface area contributed by atoms with Crippen molar-refractivity contribution in [1.82, 2.24) is 4.90 Å². The van der Waals surface area contributed by atoms with Crippen molar-refractivity contribution < 1.29 is 9.84 Å². The van der Waals surface area contributed by atoms with Crippen LogP contribution < -0.4 is 4.74 Å². The minimum atomic E-state index is -0.742. The van der Waals surface area contributed by atoms with E-state index in [0.717, 1.165) is 43.7 Å². The molecule has 2 aromatic carbocycles. The molecular formula is C24H31NO2. The van der Waals surface area contributed by atoms with Gasteiger partial charge in [0.25, 0.3) is 0 Å². The summed E-state index contributed by atoms with van der Waals surface area (Å²) in [6.45, 7) is 3.82. The predicted octanol–water partition coefficient (Wildman–Crippen LogP) is 4.88. The molecule has 4 rings (SSSR count). The van der Waals surface area contributed by atoms with Crippen molar-refractivity contribution in [2.75, 3.05) is 6.61 Å². The highest BCUT2D eigenvalue weighted by atomic mass is 16.5. The van der Waals surface area contributed by atoms with E-state index in [1.807, 2.05) is 12.1 Å². The Balaban J connectivity index is 1.53. The summed E-state index contributed by atoms with van der Waals surface area (Å²) in [5.74, 6) is 0.875. The van der Waals surface area contributed by atoms with Crippen LogP contribution in [0.3, 0.4) is 0 Å². The van der Waals surface area contributed by atoms with Crippen LogP contribution in [0.5, 0.6) is 5.75 Å². The van der Waals surface area contributed by atoms with Gasteiger partial charge in [-0.3, -0.25) is 4.90 Å². The Hall–Kier alpha value is -1.84. The zero-order valence-corrected chi connectivity index (χ0v) is 16.3. The highest BCUT2D eigenvalue weighted by Gasteiger charge is 2.46. The SMILES string of the molecule is CCCOc1cccc(C2(O)CC3CCCC(C2)N3Cc2ccccc2)c1. The standard InChI is InChI=1S/C24H31NO2/c1-2-14-27-23-13-6-10-20(15-23)24(26)16-21-11-7-12-22(17-24)25(21)18-19-8-4-3-5-9-19/h3-6,8-10,13,15,21-22,26H,2,7,11-12,14,16-18H2,1H3. The van der Waals surface area contributed by atoms with Crippen LogP contribution in [-0.2, 0) is 12.1 Å². The predicted molar refractivity (Wildman–Crippen MR) is 109 cm³/mol. The average Bonchev–Trinajstić information content (AvgIpc) is 2.68. The normalized spacial score (nSPS) is 28.1. The third-order valence-electron chi connectivity index (χ3n) is 6.21. The van der Waals surface area contributed by atoms with Crippen molar-refractivity contribution >= 4 is 0 Å². The number of fused-ring (bicyclic) bond motifs is 2. The largest absolute Gasteiger partial charge is 0.494 e. The van der Waals surface area contributed by atoms with Crippen LogP contribution >= 0.6 is 0 Å². The fourth-order valence-electron chi connectivity index (χ4n) is 4.90. The summed E-state index contributed by atoms with van der Waals surface area (Å²) in [7, 11) is 0. The summed E-state index contributed by atoms with van der Waals surface area (Å²) in [5.41, 5.74) is 1.65. The maximum Gasteiger partial charge on any atom is 0.119 e. The summed E-state index contributed by atoms with van der Waals surface area (Å²) >= 11 is 0. The van der Waals surface area contributed by atoms with Crippen molar-refractivity contribution in [3.05, 3.63) is 65.7 Å². The van der Waals surface area contributed by atoms with Crippen molar-refractivity contribution in [3.63, 3.8) is 0 Å². The second-order valence-corrected chi connectivity index (χ2v) is 8.21. The first-order valence-corrected chi connectivity index (χ1v) is 10.4. The third kappa shape index (κ3) is 4.04.